The van der Waals surface area contributed by atoms with Gasteiger partial charge in [0.25, 0.3) is 0 Å². The highest BCUT2D eigenvalue weighted by molar-refractivity contribution is 5.79. The number of benzene rings is 1. The average Bonchev–Trinajstić information content (AvgIpc) is 3.27. The molecule has 4 fully saturated rings. The van der Waals surface area contributed by atoms with Gasteiger partial charge in [-0.15, -0.1) is 5.10 Å². The Kier molecular flexibility index (Phi) is 7.07. The predicted molar refractivity (Wildman–Crippen MR) is 128 cm³/mol. The lowest BCUT2D eigenvalue weighted by atomic mass is 9.75. The highest BCUT2D eigenvalue weighted by Crippen LogP contribution is 2.37. The minimum absolute atomic E-state index is 0.162. The summed E-state index contributed by atoms with van der Waals surface area (Å²) in [7, 11) is 2.12. The molecule has 7 nitrogen and oxygen atoms in total. The molecule has 3 aliphatic heterocycles. The third-order valence-electron chi connectivity index (χ3n) is 7.88. The Bertz CT molecular complexity index is 909. The van der Waals surface area contributed by atoms with Crippen LogP contribution < -0.4 is 5.32 Å². The molecule has 0 radical (unpaired) electrons. The van der Waals surface area contributed by atoms with E-state index in [4.69, 9.17) is 0 Å². The third-order valence-corrected chi connectivity index (χ3v) is 7.88. The molecule has 7 heteroatoms. The number of carbonyl (C=O) groups excluding carboxylic acids is 1. The second-order valence-corrected chi connectivity index (χ2v) is 10.5. The van der Waals surface area contributed by atoms with Crippen LogP contribution in [0.5, 0.6) is 0 Å². The molecule has 1 N–H and O–H groups in total. The highest BCUT2D eigenvalue weighted by Gasteiger charge is 2.43. The molecule has 4 unspecified atom stereocenters. The number of hydrogen-bond donors (Lipinski definition) is 1. The maximum Gasteiger partial charge on any atom is 0.224 e. The zero-order valence-electron chi connectivity index (χ0n) is 19.9. The highest BCUT2D eigenvalue weighted by atomic mass is 16.2. The quantitative estimate of drug-likeness (QED) is 0.670. The molecule has 1 amide bonds. The number of aromatic nitrogens is 3. The summed E-state index contributed by atoms with van der Waals surface area (Å²) >= 11 is 0. The van der Waals surface area contributed by atoms with Gasteiger partial charge in [0.05, 0.1) is 18.2 Å². The van der Waals surface area contributed by atoms with Crippen LogP contribution in [0.2, 0.25) is 0 Å². The molecule has 1 aromatic carbocycles. The van der Waals surface area contributed by atoms with E-state index in [1.165, 1.54) is 24.8 Å². The molecule has 2 aromatic rings. The molecule has 0 spiro atoms. The van der Waals surface area contributed by atoms with E-state index in [-0.39, 0.29) is 5.92 Å². The molecule has 4 aliphatic rings. The first-order chi connectivity index (χ1) is 16.1. The molecular weight excluding hydrogens is 412 g/mol. The number of nitrogens with one attached hydrogen (secondary N) is 1. The second kappa shape index (κ2) is 10.3. The fraction of sp³-hybridized carbons (Fsp3) is 0.654. The van der Waals surface area contributed by atoms with Crippen LogP contribution in [0, 0.1) is 11.8 Å². The fourth-order valence-corrected chi connectivity index (χ4v) is 6.12. The van der Waals surface area contributed by atoms with Crippen LogP contribution in [-0.4, -0.2) is 62.9 Å². The Morgan fingerprint density at radius 2 is 1.94 bits per heavy atom. The van der Waals surface area contributed by atoms with Crippen LogP contribution in [0.25, 0.3) is 0 Å². The van der Waals surface area contributed by atoms with Gasteiger partial charge in [0.1, 0.15) is 0 Å². The van der Waals surface area contributed by atoms with Crippen molar-refractivity contribution in [3.8, 4) is 0 Å². The molecule has 178 valence electrons. The Morgan fingerprint density at radius 3 is 2.70 bits per heavy atom. The van der Waals surface area contributed by atoms with Crippen molar-refractivity contribution >= 4 is 5.91 Å². The summed E-state index contributed by atoms with van der Waals surface area (Å²) in [5, 5.41) is 12.2. The van der Waals surface area contributed by atoms with Crippen molar-refractivity contribution in [3.05, 3.63) is 47.8 Å². The molecule has 1 aromatic heterocycles. The van der Waals surface area contributed by atoms with Gasteiger partial charge < -0.3 is 5.32 Å². The van der Waals surface area contributed by atoms with Crippen molar-refractivity contribution in [1.29, 1.82) is 0 Å². The first-order valence-electron chi connectivity index (χ1n) is 12.8. The lowest BCUT2D eigenvalue weighted by molar-refractivity contribution is -0.134. The molecular formula is C26H38N6O. The van der Waals surface area contributed by atoms with Crippen LogP contribution >= 0.6 is 0 Å². The summed E-state index contributed by atoms with van der Waals surface area (Å²) < 4.78 is 2.01. The van der Waals surface area contributed by atoms with E-state index in [1.807, 2.05) is 4.68 Å². The van der Waals surface area contributed by atoms with E-state index in [0.29, 0.717) is 23.9 Å². The van der Waals surface area contributed by atoms with Gasteiger partial charge in [0, 0.05) is 37.9 Å². The molecule has 4 heterocycles. The number of amides is 1. The smallest absolute Gasteiger partial charge is 0.224 e. The van der Waals surface area contributed by atoms with Crippen LogP contribution in [0.15, 0.2) is 36.5 Å². The largest absolute Gasteiger partial charge is 0.353 e. The summed E-state index contributed by atoms with van der Waals surface area (Å²) in [6.07, 6.45) is 10.5. The molecule has 33 heavy (non-hydrogen) atoms. The normalized spacial score (nSPS) is 27.7. The van der Waals surface area contributed by atoms with Crippen molar-refractivity contribution in [2.75, 3.05) is 20.1 Å². The summed E-state index contributed by atoms with van der Waals surface area (Å²) in [4.78, 5) is 17.8. The van der Waals surface area contributed by atoms with Crippen LogP contribution in [0.4, 0.5) is 0 Å². The van der Waals surface area contributed by atoms with E-state index in [9.17, 15) is 4.79 Å². The van der Waals surface area contributed by atoms with E-state index >= 15 is 0 Å². The van der Waals surface area contributed by atoms with Crippen molar-refractivity contribution in [3.63, 3.8) is 0 Å². The number of hydrogen-bond acceptors (Lipinski definition) is 5. The lowest BCUT2D eigenvalue weighted by Gasteiger charge is -2.49. The maximum atomic E-state index is 13.0. The van der Waals surface area contributed by atoms with Gasteiger partial charge in [-0.05, 0) is 50.8 Å². The summed E-state index contributed by atoms with van der Waals surface area (Å²) in [5.41, 5.74) is 2.31. The van der Waals surface area contributed by atoms with Gasteiger partial charge in [0.15, 0.2) is 0 Å². The van der Waals surface area contributed by atoms with Crippen LogP contribution in [-0.2, 0) is 24.4 Å². The molecule has 1 aliphatic carbocycles. The summed E-state index contributed by atoms with van der Waals surface area (Å²) in [6, 6.07) is 11.4. The monoisotopic (exact) mass is 450 g/mol. The number of nitrogens with zero attached hydrogens (tertiary/aromatic N) is 5. The van der Waals surface area contributed by atoms with Gasteiger partial charge in [-0.1, -0.05) is 54.8 Å². The van der Waals surface area contributed by atoms with E-state index in [0.717, 1.165) is 64.1 Å². The molecule has 6 rings (SSSR count). The number of piperidine rings is 3. The van der Waals surface area contributed by atoms with Crippen molar-refractivity contribution < 1.29 is 4.79 Å². The number of carbonyl (C=O) groups is 1. The van der Waals surface area contributed by atoms with E-state index < -0.39 is 0 Å². The first-order valence-corrected chi connectivity index (χ1v) is 12.8. The minimum Gasteiger partial charge on any atom is -0.353 e. The Hall–Kier alpha value is -2.25. The van der Waals surface area contributed by atoms with Gasteiger partial charge in [-0.2, -0.15) is 0 Å². The average molecular weight is 451 g/mol. The Morgan fingerprint density at radius 1 is 1.12 bits per heavy atom. The second-order valence-electron chi connectivity index (χ2n) is 10.5. The molecule has 4 atom stereocenters. The SMILES string of the molecule is CN(Cc1ccccc1)Cc1cn(CC2CC3CCN2CC3C(=O)NC2CCCCC2)nn1. The van der Waals surface area contributed by atoms with Crippen molar-refractivity contribution in [2.45, 2.75) is 76.7 Å². The zero-order chi connectivity index (χ0) is 22.6. The topological polar surface area (TPSA) is 66.3 Å². The van der Waals surface area contributed by atoms with Crippen LogP contribution in [0.1, 0.15) is 56.2 Å². The third kappa shape index (κ3) is 5.64. The van der Waals surface area contributed by atoms with Gasteiger partial charge in [0.2, 0.25) is 5.91 Å². The van der Waals surface area contributed by atoms with Gasteiger partial charge in [-0.25, -0.2) is 0 Å². The maximum absolute atomic E-state index is 13.0. The number of rotatable bonds is 8. The molecule has 2 bridgehead atoms. The Balaban J connectivity index is 1.12. The molecule has 3 saturated heterocycles. The number of fused-ring (bicyclic) bond motifs is 3. The van der Waals surface area contributed by atoms with Crippen molar-refractivity contribution in [2.24, 2.45) is 11.8 Å². The van der Waals surface area contributed by atoms with Crippen molar-refractivity contribution in [1.82, 2.24) is 30.1 Å². The fourth-order valence-electron chi connectivity index (χ4n) is 6.12. The first kappa shape index (κ1) is 22.5. The van der Waals surface area contributed by atoms with Crippen LogP contribution in [0.3, 0.4) is 0 Å². The summed E-state index contributed by atoms with van der Waals surface area (Å²) in [6.45, 7) is 4.55. The van der Waals surface area contributed by atoms with Gasteiger partial charge in [-0.3, -0.25) is 19.3 Å². The minimum atomic E-state index is 0.162. The lowest BCUT2D eigenvalue weighted by Crippen LogP contribution is -2.58. The standard InChI is InChI=1S/C26H38N6O/c1-30(15-20-8-4-2-5-9-20)16-23-17-32(29-28-23)18-24-14-21-12-13-31(24)19-25(21)26(33)27-22-10-6-3-7-11-22/h2,4-5,8-9,17,21-22,24-25H,3,6-7,10-16,18-19H2,1H3,(H,27,33). The summed E-state index contributed by atoms with van der Waals surface area (Å²) in [5.74, 6) is 0.970. The van der Waals surface area contributed by atoms with E-state index in [2.05, 4.69) is 69.0 Å². The molecule has 1 saturated carbocycles. The Labute approximate surface area is 197 Å². The van der Waals surface area contributed by atoms with Gasteiger partial charge >= 0.3 is 0 Å². The predicted octanol–water partition coefficient (Wildman–Crippen LogP) is 3.07. The van der Waals surface area contributed by atoms with E-state index in [1.54, 1.807) is 0 Å². The zero-order valence-corrected chi connectivity index (χ0v) is 19.9.